The Balaban J connectivity index is 1.97. The minimum absolute atomic E-state index is 0.249. The molecule has 0 aliphatic carbocycles. The van der Waals surface area contributed by atoms with E-state index < -0.39 is 0 Å². The smallest absolute Gasteiger partial charge is 0.234 e. The van der Waals surface area contributed by atoms with Crippen LogP contribution in [0.3, 0.4) is 0 Å². The van der Waals surface area contributed by atoms with Crippen molar-refractivity contribution in [1.29, 1.82) is 5.26 Å². The molecule has 0 saturated heterocycles. The van der Waals surface area contributed by atoms with E-state index in [1.54, 1.807) is 0 Å². The van der Waals surface area contributed by atoms with E-state index >= 15 is 0 Å². The number of hydrogen-bond acceptors (Lipinski definition) is 5. The lowest BCUT2D eigenvalue weighted by molar-refractivity contribution is 0.621. The van der Waals surface area contributed by atoms with Crippen LogP contribution in [0.5, 0.6) is 0 Å². The third kappa shape index (κ3) is 2.36. The Morgan fingerprint density at radius 1 is 1.45 bits per heavy atom. The predicted octanol–water partition coefficient (Wildman–Crippen LogP) is 0.958. The van der Waals surface area contributed by atoms with E-state index in [0.717, 1.165) is 48.8 Å². The van der Waals surface area contributed by atoms with Gasteiger partial charge in [-0.2, -0.15) is 5.26 Å². The fraction of sp³-hybridized carbons (Fsp3) is 0.357. The number of nitrogens with one attached hydrogen (secondary N) is 2. The maximum atomic E-state index is 9.09. The minimum atomic E-state index is 0.249. The second kappa shape index (κ2) is 5.31. The van der Waals surface area contributed by atoms with Crippen molar-refractivity contribution in [1.82, 2.24) is 20.3 Å². The van der Waals surface area contributed by atoms with Gasteiger partial charge in [0, 0.05) is 44.0 Å². The first-order valence-corrected chi connectivity index (χ1v) is 6.62. The summed E-state index contributed by atoms with van der Waals surface area (Å²) in [6, 6.07) is 6.06. The number of aromatic amines is 1. The van der Waals surface area contributed by atoms with Gasteiger partial charge < -0.3 is 15.2 Å². The molecule has 6 nitrogen and oxygen atoms in total. The van der Waals surface area contributed by atoms with Crippen LogP contribution >= 0.6 is 0 Å². The first kappa shape index (κ1) is 12.6. The molecule has 0 spiro atoms. The Morgan fingerprint density at radius 3 is 3.10 bits per heavy atom. The molecule has 0 saturated carbocycles. The number of H-pyrrole nitrogens is 1. The third-order valence-electron chi connectivity index (χ3n) is 3.44. The lowest BCUT2D eigenvalue weighted by Gasteiger charge is -2.25. The predicted molar refractivity (Wildman–Crippen MR) is 75.1 cm³/mol. The molecule has 3 rings (SSSR count). The lowest BCUT2D eigenvalue weighted by atomic mass is 10.1. The Bertz CT molecular complexity index is 640. The normalized spacial score (nSPS) is 13.6. The van der Waals surface area contributed by atoms with Crippen molar-refractivity contribution in [2.75, 3.05) is 18.5 Å². The van der Waals surface area contributed by atoms with Crippen LogP contribution in [-0.4, -0.2) is 28.5 Å². The van der Waals surface area contributed by atoms with E-state index in [9.17, 15) is 0 Å². The Morgan fingerprint density at radius 2 is 2.35 bits per heavy atom. The number of rotatable bonds is 3. The van der Waals surface area contributed by atoms with E-state index in [1.165, 1.54) is 0 Å². The molecule has 0 amide bonds. The Hall–Kier alpha value is -2.39. The largest absolute Gasteiger partial charge is 0.364 e. The molecule has 0 unspecified atom stereocenters. The molecule has 0 fully saturated rings. The summed E-state index contributed by atoms with van der Waals surface area (Å²) in [4.78, 5) is 13.9. The highest BCUT2D eigenvalue weighted by Crippen LogP contribution is 2.23. The highest BCUT2D eigenvalue weighted by Gasteiger charge is 2.20. The molecule has 0 atom stereocenters. The van der Waals surface area contributed by atoms with Gasteiger partial charge in [0.05, 0.1) is 12.2 Å². The van der Waals surface area contributed by atoms with Gasteiger partial charge in [-0.25, -0.2) is 9.97 Å². The van der Waals surface area contributed by atoms with Gasteiger partial charge in [0.1, 0.15) is 11.9 Å². The average molecular weight is 268 g/mol. The van der Waals surface area contributed by atoms with Crippen molar-refractivity contribution in [3.8, 4) is 6.07 Å². The van der Waals surface area contributed by atoms with Crippen LogP contribution in [0.1, 0.15) is 22.8 Å². The van der Waals surface area contributed by atoms with Gasteiger partial charge in [0.2, 0.25) is 5.82 Å². The van der Waals surface area contributed by atoms with Crippen LogP contribution < -0.4 is 10.2 Å². The van der Waals surface area contributed by atoms with Crippen molar-refractivity contribution in [2.45, 2.75) is 19.5 Å². The summed E-state index contributed by atoms with van der Waals surface area (Å²) in [7, 11) is 1.99. The molecule has 102 valence electrons. The van der Waals surface area contributed by atoms with Gasteiger partial charge in [0.25, 0.3) is 0 Å². The maximum Gasteiger partial charge on any atom is 0.234 e. The summed E-state index contributed by atoms with van der Waals surface area (Å²) >= 11 is 0. The summed E-state index contributed by atoms with van der Waals surface area (Å²) in [5, 5.41) is 12.4. The number of nitrogens with zero attached hydrogens (tertiary/aromatic N) is 4. The second-order valence-corrected chi connectivity index (χ2v) is 4.89. The number of aromatic nitrogens is 3. The molecular formula is C14H16N6. The van der Waals surface area contributed by atoms with E-state index in [1.807, 2.05) is 25.4 Å². The van der Waals surface area contributed by atoms with Crippen LogP contribution in [-0.2, 0) is 19.5 Å². The van der Waals surface area contributed by atoms with Gasteiger partial charge in [-0.15, -0.1) is 0 Å². The van der Waals surface area contributed by atoms with Crippen LogP contribution in [0.4, 0.5) is 5.82 Å². The van der Waals surface area contributed by atoms with Crippen LogP contribution in [0.2, 0.25) is 0 Å². The first-order valence-electron chi connectivity index (χ1n) is 6.62. The summed E-state index contributed by atoms with van der Waals surface area (Å²) in [5.74, 6) is 1.09. The molecule has 0 aromatic carbocycles. The second-order valence-electron chi connectivity index (χ2n) is 4.89. The molecule has 2 aromatic rings. The van der Waals surface area contributed by atoms with Crippen LogP contribution in [0.15, 0.2) is 18.3 Å². The molecule has 2 aromatic heterocycles. The quantitative estimate of drug-likeness (QED) is 0.866. The van der Waals surface area contributed by atoms with E-state index in [-0.39, 0.29) is 5.82 Å². The van der Waals surface area contributed by atoms with Crippen molar-refractivity contribution >= 4 is 5.82 Å². The molecule has 6 heteroatoms. The standard InChI is InChI=1S/C14H16N6/c1-20(9-10-3-2-5-17-10)14-11-8-16-6-4-12(11)18-13(7-15)19-14/h2-3,5,16-17H,4,6,8-9H2,1H3. The molecule has 0 bridgehead atoms. The van der Waals surface area contributed by atoms with Crippen molar-refractivity contribution < 1.29 is 0 Å². The van der Waals surface area contributed by atoms with Crippen LogP contribution in [0, 0.1) is 11.3 Å². The third-order valence-corrected chi connectivity index (χ3v) is 3.44. The van der Waals surface area contributed by atoms with E-state index in [4.69, 9.17) is 5.26 Å². The molecule has 1 aliphatic rings. The molecule has 3 heterocycles. The average Bonchev–Trinajstić information content (AvgIpc) is 2.98. The number of nitriles is 1. The summed E-state index contributed by atoms with van der Waals surface area (Å²) in [6.45, 7) is 2.38. The van der Waals surface area contributed by atoms with Gasteiger partial charge in [-0.3, -0.25) is 0 Å². The molecular weight excluding hydrogens is 252 g/mol. The topological polar surface area (TPSA) is 80.6 Å². The number of fused-ring (bicyclic) bond motifs is 1. The zero-order valence-corrected chi connectivity index (χ0v) is 11.3. The number of anilines is 1. The Labute approximate surface area is 117 Å². The summed E-state index contributed by atoms with van der Waals surface area (Å²) < 4.78 is 0. The summed E-state index contributed by atoms with van der Waals surface area (Å²) in [5.41, 5.74) is 3.20. The maximum absolute atomic E-state index is 9.09. The molecule has 2 N–H and O–H groups in total. The monoisotopic (exact) mass is 268 g/mol. The van der Waals surface area contributed by atoms with E-state index in [0.29, 0.717) is 0 Å². The summed E-state index contributed by atoms with van der Waals surface area (Å²) in [6.07, 6.45) is 2.75. The zero-order chi connectivity index (χ0) is 13.9. The van der Waals surface area contributed by atoms with Gasteiger partial charge in [0.15, 0.2) is 0 Å². The van der Waals surface area contributed by atoms with Crippen molar-refractivity contribution in [3.63, 3.8) is 0 Å². The fourth-order valence-corrected chi connectivity index (χ4v) is 2.49. The van der Waals surface area contributed by atoms with Crippen LogP contribution in [0.25, 0.3) is 0 Å². The number of hydrogen-bond donors (Lipinski definition) is 2. The molecule has 0 radical (unpaired) electrons. The highest BCUT2D eigenvalue weighted by molar-refractivity contribution is 5.50. The van der Waals surface area contributed by atoms with Gasteiger partial charge in [-0.05, 0) is 12.1 Å². The fourth-order valence-electron chi connectivity index (χ4n) is 2.49. The lowest BCUT2D eigenvalue weighted by Crippen LogP contribution is -2.29. The minimum Gasteiger partial charge on any atom is -0.364 e. The zero-order valence-electron chi connectivity index (χ0n) is 11.3. The molecule has 1 aliphatic heterocycles. The van der Waals surface area contributed by atoms with Crippen molar-refractivity contribution in [2.24, 2.45) is 0 Å². The van der Waals surface area contributed by atoms with Crippen molar-refractivity contribution in [3.05, 3.63) is 41.1 Å². The van der Waals surface area contributed by atoms with Gasteiger partial charge >= 0.3 is 0 Å². The van der Waals surface area contributed by atoms with Gasteiger partial charge in [-0.1, -0.05) is 0 Å². The SMILES string of the molecule is CN(Cc1ccc[nH]1)c1nc(C#N)nc2c1CNCC2. The van der Waals surface area contributed by atoms with E-state index in [2.05, 4.69) is 31.2 Å². The Kier molecular flexibility index (Phi) is 3.35. The first-order chi connectivity index (χ1) is 9.78. The highest BCUT2D eigenvalue weighted by atomic mass is 15.2. The molecule has 20 heavy (non-hydrogen) atoms.